The molecule has 6 heteroatoms. The maximum atomic E-state index is 14.3. The molecule has 0 aliphatic carbocycles. The lowest BCUT2D eigenvalue weighted by atomic mass is 10.2. The highest BCUT2D eigenvalue weighted by Gasteiger charge is 2.36. The zero-order valence-electron chi connectivity index (χ0n) is 11.4. The number of nitrogens with one attached hydrogen (secondary N) is 1. The number of carbonyl (C=O) groups is 1. The molecular weight excluding hydrogens is 261 g/mol. The second-order valence-corrected chi connectivity index (χ2v) is 5.22. The van der Waals surface area contributed by atoms with Crippen molar-refractivity contribution in [1.29, 1.82) is 0 Å². The van der Waals surface area contributed by atoms with Gasteiger partial charge in [-0.1, -0.05) is 0 Å². The molecule has 1 N–H and O–H groups in total. The number of hydrogen-bond donors (Lipinski definition) is 1. The van der Waals surface area contributed by atoms with Crippen molar-refractivity contribution in [2.45, 2.75) is 32.0 Å². The molecule has 0 spiro atoms. The van der Waals surface area contributed by atoms with Crippen LogP contribution in [-0.4, -0.2) is 47.6 Å². The van der Waals surface area contributed by atoms with Crippen LogP contribution in [0.4, 0.5) is 10.2 Å². The molecule has 1 aromatic heterocycles. The topological polar surface area (TPSA) is 54.5 Å². The van der Waals surface area contributed by atoms with Gasteiger partial charge < -0.3 is 15.0 Å². The summed E-state index contributed by atoms with van der Waals surface area (Å²) >= 11 is 0. The molecule has 3 heterocycles. The van der Waals surface area contributed by atoms with Gasteiger partial charge in [0.15, 0.2) is 11.6 Å². The first kappa shape index (κ1) is 13.3. The average molecular weight is 279 g/mol. The zero-order valence-corrected chi connectivity index (χ0v) is 11.4. The third kappa shape index (κ3) is 2.35. The maximum absolute atomic E-state index is 14.3. The number of hydrogen-bond acceptors (Lipinski definition) is 4. The zero-order chi connectivity index (χ0) is 14.1. The van der Waals surface area contributed by atoms with Gasteiger partial charge in [-0.3, -0.25) is 4.79 Å². The lowest BCUT2D eigenvalue weighted by molar-refractivity contribution is -0.0304. The lowest BCUT2D eigenvalue weighted by Gasteiger charge is -2.32. The van der Waals surface area contributed by atoms with E-state index in [0.29, 0.717) is 19.6 Å². The third-order valence-corrected chi connectivity index (χ3v) is 3.79. The van der Waals surface area contributed by atoms with E-state index in [9.17, 15) is 9.18 Å². The molecule has 108 valence electrons. The minimum Gasteiger partial charge on any atom is -0.371 e. The summed E-state index contributed by atoms with van der Waals surface area (Å²) in [5.74, 6) is -0.711. The predicted molar refractivity (Wildman–Crippen MR) is 72.2 cm³/mol. The smallest absolute Gasteiger partial charge is 0.257 e. The van der Waals surface area contributed by atoms with Gasteiger partial charge in [-0.05, 0) is 25.8 Å². The summed E-state index contributed by atoms with van der Waals surface area (Å²) < 4.78 is 20.0. The van der Waals surface area contributed by atoms with Crippen LogP contribution >= 0.6 is 0 Å². The highest BCUT2D eigenvalue weighted by Crippen LogP contribution is 2.28. The van der Waals surface area contributed by atoms with Crippen molar-refractivity contribution in [1.82, 2.24) is 9.88 Å². The van der Waals surface area contributed by atoms with E-state index in [4.69, 9.17) is 4.74 Å². The van der Waals surface area contributed by atoms with Gasteiger partial charge in [0.25, 0.3) is 5.91 Å². The van der Waals surface area contributed by atoms with Crippen molar-refractivity contribution in [2.75, 3.05) is 25.0 Å². The van der Waals surface area contributed by atoms with E-state index in [0.717, 1.165) is 12.8 Å². The third-order valence-electron chi connectivity index (χ3n) is 3.79. The Morgan fingerprint density at radius 2 is 2.20 bits per heavy atom. The normalized spacial score (nSPS) is 24.8. The minimum absolute atomic E-state index is 0.0808. The second-order valence-electron chi connectivity index (χ2n) is 5.22. The highest BCUT2D eigenvalue weighted by molar-refractivity contribution is 5.95. The molecule has 2 unspecified atom stereocenters. The van der Waals surface area contributed by atoms with Gasteiger partial charge in [0, 0.05) is 25.8 Å². The minimum atomic E-state index is -0.571. The average Bonchev–Trinajstić information content (AvgIpc) is 2.79. The molecule has 1 amide bonds. The molecule has 1 aromatic rings. The monoisotopic (exact) mass is 279 g/mol. The van der Waals surface area contributed by atoms with Crippen molar-refractivity contribution in [2.24, 2.45) is 0 Å². The molecule has 2 aliphatic heterocycles. The molecule has 0 saturated carbocycles. The van der Waals surface area contributed by atoms with Gasteiger partial charge in [-0.15, -0.1) is 0 Å². The number of amides is 1. The molecule has 20 heavy (non-hydrogen) atoms. The Labute approximate surface area is 117 Å². The van der Waals surface area contributed by atoms with E-state index < -0.39 is 5.82 Å². The van der Waals surface area contributed by atoms with Crippen LogP contribution in [0.15, 0.2) is 12.3 Å². The van der Waals surface area contributed by atoms with Crippen LogP contribution in [0.1, 0.15) is 30.1 Å². The predicted octanol–water partition coefficient (Wildman–Crippen LogP) is 1.66. The number of pyridine rings is 1. The molecule has 2 bridgehead atoms. The second kappa shape index (κ2) is 5.36. The van der Waals surface area contributed by atoms with Crippen LogP contribution in [0.5, 0.6) is 0 Å². The Kier molecular flexibility index (Phi) is 3.56. The number of rotatable bonds is 3. The SMILES string of the molecule is CCNc1nccc(C(=O)N2CC3CCC(C2)O3)c1F. The number of anilines is 1. The number of likely N-dealkylation sites (tertiary alicyclic amines) is 1. The van der Waals surface area contributed by atoms with Crippen LogP contribution in [0.25, 0.3) is 0 Å². The quantitative estimate of drug-likeness (QED) is 0.914. The molecule has 5 nitrogen and oxygen atoms in total. The number of fused-ring (bicyclic) bond motifs is 2. The van der Waals surface area contributed by atoms with Gasteiger partial charge in [0.05, 0.1) is 17.8 Å². The molecule has 2 aliphatic rings. The Morgan fingerprint density at radius 1 is 1.50 bits per heavy atom. The summed E-state index contributed by atoms with van der Waals surface area (Å²) in [4.78, 5) is 18.1. The Bertz CT molecular complexity index is 511. The summed E-state index contributed by atoms with van der Waals surface area (Å²) in [6.07, 6.45) is 3.64. The number of aromatic nitrogens is 1. The van der Waals surface area contributed by atoms with Crippen LogP contribution in [0.2, 0.25) is 0 Å². The van der Waals surface area contributed by atoms with Crippen LogP contribution in [-0.2, 0) is 4.74 Å². The summed E-state index contributed by atoms with van der Waals surface area (Å²) in [6.45, 7) is 3.51. The van der Waals surface area contributed by atoms with Gasteiger partial charge in [0.2, 0.25) is 0 Å². The number of carbonyl (C=O) groups excluding carboxylic acids is 1. The molecule has 0 aromatic carbocycles. The first-order valence-electron chi connectivity index (χ1n) is 7.02. The largest absolute Gasteiger partial charge is 0.371 e. The summed E-state index contributed by atoms with van der Waals surface area (Å²) in [6, 6.07) is 1.44. The Balaban J connectivity index is 1.82. The lowest BCUT2D eigenvalue weighted by Crippen LogP contribution is -2.46. The fraction of sp³-hybridized carbons (Fsp3) is 0.571. The van der Waals surface area contributed by atoms with E-state index >= 15 is 0 Å². The van der Waals surface area contributed by atoms with Crippen molar-refractivity contribution in [3.05, 3.63) is 23.6 Å². The molecule has 2 saturated heterocycles. The number of halogens is 1. The fourth-order valence-electron chi connectivity index (χ4n) is 2.85. The summed E-state index contributed by atoms with van der Waals surface area (Å²) in [5, 5.41) is 2.82. The molecule has 2 fully saturated rings. The van der Waals surface area contributed by atoms with E-state index in [1.807, 2.05) is 6.92 Å². The highest BCUT2D eigenvalue weighted by atomic mass is 19.1. The van der Waals surface area contributed by atoms with Gasteiger partial charge in [-0.2, -0.15) is 0 Å². The summed E-state index contributed by atoms with van der Waals surface area (Å²) in [5.41, 5.74) is 0.0808. The van der Waals surface area contributed by atoms with Gasteiger partial charge in [0.1, 0.15) is 0 Å². The van der Waals surface area contributed by atoms with Crippen LogP contribution < -0.4 is 5.32 Å². The van der Waals surface area contributed by atoms with Crippen molar-refractivity contribution < 1.29 is 13.9 Å². The standard InChI is InChI=1S/C14H18FN3O2/c1-2-16-13-12(15)11(5-6-17-13)14(19)18-7-9-3-4-10(8-18)20-9/h5-6,9-10H,2-4,7-8H2,1H3,(H,16,17). The van der Waals surface area contributed by atoms with E-state index in [2.05, 4.69) is 10.3 Å². The maximum Gasteiger partial charge on any atom is 0.257 e. The van der Waals surface area contributed by atoms with Crippen LogP contribution in [0.3, 0.4) is 0 Å². The Morgan fingerprint density at radius 3 is 2.85 bits per heavy atom. The van der Waals surface area contributed by atoms with E-state index in [-0.39, 0.29) is 29.5 Å². The first-order valence-corrected chi connectivity index (χ1v) is 7.02. The molecule has 0 radical (unpaired) electrons. The number of ether oxygens (including phenoxy) is 1. The van der Waals surface area contributed by atoms with Crippen molar-refractivity contribution in [3.63, 3.8) is 0 Å². The van der Waals surface area contributed by atoms with Crippen molar-refractivity contribution >= 4 is 11.7 Å². The molecule has 2 atom stereocenters. The van der Waals surface area contributed by atoms with E-state index in [1.165, 1.54) is 12.3 Å². The van der Waals surface area contributed by atoms with Crippen molar-refractivity contribution in [3.8, 4) is 0 Å². The summed E-state index contributed by atoms with van der Waals surface area (Å²) in [7, 11) is 0. The molecular formula is C14H18FN3O2. The van der Waals surface area contributed by atoms with Crippen LogP contribution in [0, 0.1) is 5.82 Å². The first-order chi connectivity index (χ1) is 9.69. The number of nitrogens with zero attached hydrogens (tertiary/aromatic N) is 2. The fourth-order valence-corrected chi connectivity index (χ4v) is 2.85. The van der Waals surface area contributed by atoms with Gasteiger partial charge >= 0.3 is 0 Å². The number of morpholine rings is 1. The molecule has 3 rings (SSSR count). The van der Waals surface area contributed by atoms with E-state index in [1.54, 1.807) is 4.90 Å². The van der Waals surface area contributed by atoms with Gasteiger partial charge in [-0.25, -0.2) is 9.37 Å². The Hall–Kier alpha value is -1.69.